The fraction of sp³-hybridized carbons (Fsp3) is 0.333. The van der Waals surface area contributed by atoms with Crippen LogP contribution in [0.1, 0.15) is 35.4 Å². The van der Waals surface area contributed by atoms with Gasteiger partial charge in [0, 0.05) is 30.1 Å². The molecular weight excluding hydrogens is 390 g/mol. The largest absolute Gasteiger partial charge is 0.308 e. The van der Waals surface area contributed by atoms with Crippen molar-refractivity contribution < 1.29 is 8.78 Å². The number of piperidine rings is 3. The molecule has 3 saturated heterocycles. The number of halogens is 2. The van der Waals surface area contributed by atoms with Crippen molar-refractivity contribution in [1.82, 2.24) is 10.2 Å². The Morgan fingerprint density at radius 1 is 0.806 bits per heavy atom. The van der Waals surface area contributed by atoms with Gasteiger partial charge < -0.3 is 5.32 Å². The monoisotopic (exact) mass is 418 g/mol. The summed E-state index contributed by atoms with van der Waals surface area (Å²) in [6.07, 6.45) is 2.30. The van der Waals surface area contributed by atoms with Gasteiger partial charge in [-0.25, -0.2) is 8.78 Å². The van der Waals surface area contributed by atoms with Crippen molar-refractivity contribution in [2.75, 3.05) is 13.1 Å². The number of nitrogens with zero attached hydrogens (tertiary/aromatic N) is 1. The van der Waals surface area contributed by atoms with Crippen LogP contribution in [0.5, 0.6) is 0 Å². The number of benzene rings is 3. The second kappa shape index (κ2) is 8.89. The Balaban J connectivity index is 1.50. The molecule has 1 N–H and O–H groups in total. The molecular formula is C27H28F2N2. The van der Waals surface area contributed by atoms with Crippen molar-refractivity contribution in [1.29, 1.82) is 0 Å². The maximum atomic E-state index is 14.3. The lowest BCUT2D eigenvalue weighted by Crippen LogP contribution is -2.64. The molecule has 3 aromatic rings. The molecule has 6 rings (SSSR count). The summed E-state index contributed by atoms with van der Waals surface area (Å²) in [5, 5.41) is 3.66. The van der Waals surface area contributed by atoms with Gasteiger partial charge in [-0.1, -0.05) is 72.8 Å². The number of nitrogens with one attached hydrogen (secondary N) is 1. The summed E-state index contributed by atoms with van der Waals surface area (Å²) in [6.45, 7) is 2.53. The van der Waals surface area contributed by atoms with Crippen LogP contribution < -0.4 is 5.32 Å². The lowest BCUT2D eigenvalue weighted by atomic mass is 9.70. The third kappa shape index (κ3) is 4.02. The van der Waals surface area contributed by atoms with Gasteiger partial charge in [0.05, 0.1) is 0 Å². The highest BCUT2D eigenvalue weighted by molar-refractivity contribution is 5.36. The predicted molar refractivity (Wildman–Crippen MR) is 120 cm³/mol. The van der Waals surface area contributed by atoms with Crippen LogP contribution in [0.2, 0.25) is 0 Å². The number of hydrogen-bond acceptors (Lipinski definition) is 2. The molecule has 31 heavy (non-hydrogen) atoms. The third-order valence-corrected chi connectivity index (χ3v) is 7.09. The summed E-state index contributed by atoms with van der Waals surface area (Å²) in [5.74, 6) is -0.756. The van der Waals surface area contributed by atoms with E-state index < -0.39 is 11.6 Å². The average molecular weight is 419 g/mol. The Kier molecular flexibility index (Phi) is 5.84. The van der Waals surface area contributed by atoms with Gasteiger partial charge in [-0.3, -0.25) is 4.90 Å². The van der Waals surface area contributed by atoms with E-state index in [0.717, 1.165) is 25.9 Å². The Morgan fingerprint density at radius 3 is 2.03 bits per heavy atom. The molecule has 0 aromatic heterocycles. The van der Waals surface area contributed by atoms with Crippen molar-refractivity contribution in [2.24, 2.45) is 5.92 Å². The highest BCUT2D eigenvalue weighted by Gasteiger charge is 2.46. The van der Waals surface area contributed by atoms with Crippen LogP contribution >= 0.6 is 0 Å². The Bertz CT molecular complexity index is 961. The topological polar surface area (TPSA) is 15.3 Å². The molecule has 2 bridgehead atoms. The molecule has 160 valence electrons. The molecule has 3 aliphatic rings. The minimum Gasteiger partial charge on any atom is -0.308 e. The van der Waals surface area contributed by atoms with E-state index in [2.05, 4.69) is 70.9 Å². The van der Waals surface area contributed by atoms with E-state index in [1.54, 1.807) is 12.1 Å². The van der Waals surface area contributed by atoms with Crippen LogP contribution in [0, 0.1) is 17.6 Å². The van der Waals surface area contributed by atoms with Crippen LogP contribution in [-0.2, 0) is 6.54 Å². The van der Waals surface area contributed by atoms with Gasteiger partial charge in [-0.15, -0.1) is 0 Å². The van der Waals surface area contributed by atoms with Gasteiger partial charge in [0.25, 0.3) is 0 Å². The van der Waals surface area contributed by atoms with E-state index >= 15 is 0 Å². The van der Waals surface area contributed by atoms with E-state index in [4.69, 9.17) is 0 Å². The van der Waals surface area contributed by atoms with Gasteiger partial charge in [0.15, 0.2) is 11.6 Å². The minimum absolute atomic E-state index is 0.218. The van der Waals surface area contributed by atoms with Crippen LogP contribution in [0.4, 0.5) is 8.78 Å². The van der Waals surface area contributed by atoms with Crippen LogP contribution in [0.15, 0.2) is 78.9 Å². The van der Waals surface area contributed by atoms with Gasteiger partial charge in [-0.05, 0) is 49.0 Å². The van der Waals surface area contributed by atoms with Gasteiger partial charge in [0.2, 0.25) is 0 Å². The molecule has 3 aliphatic heterocycles. The maximum Gasteiger partial charge on any atom is 0.163 e. The van der Waals surface area contributed by atoms with Crippen LogP contribution in [0.3, 0.4) is 0 Å². The molecule has 2 nitrogen and oxygen atoms in total. The van der Waals surface area contributed by atoms with Crippen molar-refractivity contribution in [3.05, 3.63) is 107 Å². The number of rotatable bonds is 6. The molecule has 0 radical (unpaired) electrons. The zero-order chi connectivity index (χ0) is 21.2. The molecule has 3 fully saturated rings. The maximum absolute atomic E-state index is 14.3. The first kappa shape index (κ1) is 20.3. The smallest absolute Gasteiger partial charge is 0.163 e. The lowest BCUT2D eigenvalue weighted by Gasteiger charge is -2.54. The standard InChI is InChI=1S/C27H28F2N2/c28-23-13-7-12-22(25(23)29)18-30-26-21-14-16-31(17-15-21)27(26)24(19-8-3-1-4-9-19)20-10-5-2-6-11-20/h1-13,21,24,26-27,30H,14-18H2/t26-,27+/m1/s1. The summed E-state index contributed by atoms with van der Waals surface area (Å²) in [7, 11) is 0. The zero-order valence-corrected chi connectivity index (χ0v) is 17.6. The number of fused-ring (bicyclic) bond motifs is 3. The van der Waals surface area contributed by atoms with E-state index in [0.29, 0.717) is 18.0 Å². The fourth-order valence-electron chi connectivity index (χ4n) is 5.61. The minimum atomic E-state index is -0.781. The summed E-state index contributed by atoms with van der Waals surface area (Å²) in [6, 6.07) is 26.3. The van der Waals surface area contributed by atoms with Crippen molar-refractivity contribution in [3.63, 3.8) is 0 Å². The second-order valence-corrected chi connectivity index (χ2v) is 8.78. The third-order valence-electron chi connectivity index (χ3n) is 7.09. The molecule has 2 atom stereocenters. The van der Waals surface area contributed by atoms with E-state index in [-0.39, 0.29) is 18.0 Å². The van der Waals surface area contributed by atoms with Gasteiger partial charge in [-0.2, -0.15) is 0 Å². The quantitative estimate of drug-likeness (QED) is 0.581. The fourth-order valence-corrected chi connectivity index (χ4v) is 5.61. The first-order valence-electron chi connectivity index (χ1n) is 11.2. The highest BCUT2D eigenvalue weighted by atomic mass is 19.2. The molecule has 3 heterocycles. The molecule has 0 unspecified atom stereocenters. The van der Waals surface area contributed by atoms with Gasteiger partial charge in [0.1, 0.15) is 0 Å². The van der Waals surface area contributed by atoms with Crippen molar-refractivity contribution in [2.45, 2.75) is 37.4 Å². The predicted octanol–water partition coefficient (Wildman–Crippen LogP) is 5.35. The average Bonchev–Trinajstić information content (AvgIpc) is 2.83. The molecule has 0 spiro atoms. The van der Waals surface area contributed by atoms with E-state index in [1.165, 1.54) is 17.2 Å². The van der Waals surface area contributed by atoms with Crippen LogP contribution in [0.25, 0.3) is 0 Å². The summed E-state index contributed by atoms with van der Waals surface area (Å²) >= 11 is 0. The van der Waals surface area contributed by atoms with Crippen molar-refractivity contribution in [3.8, 4) is 0 Å². The second-order valence-electron chi connectivity index (χ2n) is 8.78. The molecule has 0 saturated carbocycles. The van der Waals surface area contributed by atoms with Gasteiger partial charge >= 0.3 is 0 Å². The highest BCUT2D eigenvalue weighted by Crippen LogP contribution is 2.42. The lowest BCUT2D eigenvalue weighted by molar-refractivity contribution is 0.00457. The molecule has 3 aromatic carbocycles. The van der Waals surface area contributed by atoms with Crippen LogP contribution in [-0.4, -0.2) is 30.1 Å². The van der Waals surface area contributed by atoms with Crippen molar-refractivity contribution >= 4 is 0 Å². The first-order chi connectivity index (χ1) is 15.2. The summed E-state index contributed by atoms with van der Waals surface area (Å²) < 4.78 is 28.0. The molecule has 0 amide bonds. The number of hydrogen-bond donors (Lipinski definition) is 1. The SMILES string of the molecule is Fc1cccc(CN[C@@H]2C3CCN(CC3)[C@H]2C(c2ccccc2)c2ccccc2)c1F. The Morgan fingerprint density at radius 2 is 1.42 bits per heavy atom. The van der Waals surface area contributed by atoms with E-state index in [1.807, 2.05) is 0 Å². The summed E-state index contributed by atoms with van der Waals surface area (Å²) in [5.41, 5.74) is 3.00. The van der Waals surface area contributed by atoms with E-state index in [9.17, 15) is 8.78 Å². The normalized spacial score (nSPS) is 25.1. The summed E-state index contributed by atoms with van der Waals surface area (Å²) in [4.78, 5) is 2.60. The Labute approximate surface area is 182 Å². The first-order valence-corrected chi connectivity index (χ1v) is 11.2. The zero-order valence-electron chi connectivity index (χ0n) is 17.6. The Hall–Kier alpha value is -2.56. The molecule has 4 heteroatoms. The molecule has 0 aliphatic carbocycles.